The van der Waals surface area contributed by atoms with Crippen molar-refractivity contribution in [2.45, 2.75) is 25.7 Å². The van der Waals surface area contributed by atoms with Crippen LogP contribution >= 0.6 is 0 Å². The molecule has 0 amide bonds. The monoisotopic (exact) mass is 256 g/mol. The van der Waals surface area contributed by atoms with Gasteiger partial charge in [0, 0.05) is 13.6 Å². The second-order valence-electron chi connectivity index (χ2n) is 5.45. The average molecular weight is 256 g/mol. The Morgan fingerprint density at radius 2 is 1.79 bits per heavy atom. The van der Waals surface area contributed by atoms with E-state index in [0.717, 1.165) is 29.3 Å². The van der Waals surface area contributed by atoms with E-state index in [1.54, 1.807) is 0 Å². The highest BCUT2D eigenvalue weighted by Gasteiger charge is 2.19. The van der Waals surface area contributed by atoms with E-state index in [-0.39, 0.29) is 0 Å². The molecule has 19 heavy (non-hydrogen) atoms. The Morgan fingerprint density at radius 3 is 2.47 bits per heavy atom. The first-order valence-electron chi connectivity index (χ1n) is 6.97. The number of nitrogens with zero attached hydrogens (tertiary/aromatic N) is 3. The molecular weight excluding hydrogens is 236 g/mol. The van der Waals surface area contributed by atoms with Gasteiger partial charge >= 0.3 is 0 Å². The molecule has 0 radical (unpaired) electrons. The fourth-order valence-corrected chi connectivity index (χ4v) is 2.95. The second-order valence-corrected chi connectivity index (χ2v) is 5.45. The number of rotatable bonds is 3. The molecule has 2 N–H and O–H groups in total. The van der Waals surface area contributed by atoms with Gasteiger partial charge in [-0.3, -0.25) is 0 Å². The van der Waals surface area contributed by atoms with Gasteiger partial charge in [0.2, 0.25) is 0 Å². The highest BCUT2D eigenvalue weighted by Crippen LogP contribution is 2.28. The highest BCUT2D eigenvalue weighted by atomic mass is 15.2. The molecule has 1 aromatic carbocycles. The number of aromatic nitrogens is 2. The van der Waals surface area contributed by atoms with Crippen molar-refractivity contribution in [1.82, 2.24) is 9.97 Å². The number of anilines is 2. The number of nitrogens with two attached hydrogens (primary N) is 1. The van der Waals surface area contributed by atoms with Crippen molar-refractivity contribution in [3.05, 3.63) is 24.3 Å². The minimum atomic E-state index is 0.527. The molecule has 2 aromatic rings. The molecule has 0 unspecified atom stereocenters. The van der Waals surface area contributed by atoms with Crippen LogP contribution in [-0.2, 0) is 0 Å². The molecule has 0 atom stereocenters. The van der Waals surface area contributed by atoms with E-state index in [4.69, 9.17) is 5.73 Å². The number of nitrogen functional groups attached to an aromatic ring is 1. The van der Waals surface area contributed by atoms with Crippen LogP contribution in [-0.4, -0.2) is 23.6 Å². The largest absolute Gasteiger partial charge is 0.381 e. The summed E-state index contributed by atoms with van der Waals surface area (Å²) in [5, 5.41) is 0. The molecule has 0 spiro atoms. The summed E-state index contributed by atoms with van der Waals surface area (Å²) in [6, 6.07) is 7.86. The van der Waals surface area contributed by atoms with Crippen LogP contribution in [0.4, 0.5) is 11.6 Å². The number of hydrogen-bond acceptors (Lipinski definition) is 4. The molecule has 1 aromatic heterocycles. The predicted octanol–water partition coefficient (Wildman–Crippen LogP) is 2.84. The van der Waals surface area contributed by atoms with E-state index in [0.29, 0.717) is 5.82 Å². The van der Waals surface area contributed by atoms with Crippen LogP contribution in [0.25, 0.3) is 11.0 Å². The lowest BCUT2D eigenvalue weighted by Crippen LogP contribution is -2.26. The molecule has 0 aliphatic heterocycles. The number of para-hydroxylation sites is 2. The molecule has 4 nitrogen and oxygen atoms in total. The minimum Gasteiger partial charge on any atom is -0.381 e. The Hall–Kier alpha value is -1.84. The summed E-state index contributed by atoms with van der Waals surface area (Å²) in [5.74, 6) is 2.11. The third-order valence-corrected chi connectivity index (χ3v) is 3.95. The predicted molar refractivity (Wildman–Crippen MR) is 79.2 cm³/mol. The van der Waals surface area contributed by atoms with E-state index in [1.165, 1.54) is 25.7 Å². The molecule has 0 bridgehead atoms. The smallest absolute Gasteiger partial charge is 0.171 e. The second kappa shape index (κ2) is 5.03. The fourth-order valence-electron chi connectivity index (χ4n) is 2.95. The third-order valence-electron chi connectivity index (χ3n) is 3.95. The lowest BCUT2D eigenvalue weighted by molar-refractivity contribution is 0.545. The Morgan fingerprint density at radius 1 is 1.16 bits per heavy atom. The Kier molecular flexibility index (Phi) is 3.23. The zero-order valence-corrected chi connectivity index (χ0v) is 11.3. The van der Waals surface area contributed by atoms with Crippen LogP contribution in [0.1, 0.15) is 25.7 Å². The van der Waals surface area contributed by atoms with Gasteiger partial charge in [0.05, 0.1) is 11.0 Å². The first-order chi connectivity index (χ1) is 9.24. The van der Waals surface area contributed by atoms with Crippen molar-refractivity contribution in [1.29, 1.82) is 0 Å². The van der Waals surface area contributed by atoms with Gasteiger partial charge in [-0.05, 0) is 30.9 Å². The van der Waals surface area contributed by atoms with Gasteiger partial charge in [-0.1, -0.05) is 25.0 Å². The van der Waals surface area contributed by atoms with Gasteiger partial charge in [-0.2, -0.15) is 0 Å². The standard InChI is InChI=1S/C15H20N4/c1-19(10-11-6-2-3-7-11)15-14(16)17-12-8-4-5-9-13(12)18-15/h4-5,8-9,11H,2-3,6-7,10H2,1H3,(H2,16,17). The minimum absolute atomic E-state index is 0.527. The van der Waals surface area contributed by atoms with E-state index in [2.05, 4.69) is 21.9 Å². The van der Waals surface area contributed by atoms with Crippen LogP contribution in [0.5, 0.6) is 0 Å². The number of hydrogen-bond donors (Lipinski definition) is 1. The van der Waals surface area contributed by atoms with Crippen LogP contribution in [0.2, 0.25) is 0 Å². The van der Waals surface area contributed by atoms with Crippen LogP contribution in [0, 0.1) is 5.92 Å². The van der Waals surface area contributed by atoms with Gasteiger partial charge in [0.15, 0.2) is 11.6 Å². The summed E-state index contributed by atoms with van der Waals surface area (Å²) in [6.07, 6.45) is 5.37. The molecule has 3 rings (SSSR count). The number of fused-ring (bicyclic) bond motifs is 1. The summed E-state index contributed by atoms with van der Waals surface area (Å²) in [4.78, 5) is 11.3. The molecule has 1 aliphatic rings. The lowest BCUT2D eigenvalue weighted by atomic mass is 10.1. The summed E-state index contributed by atoms with van der Waals surface area (Å²) in [7, 11) is 2.06. The average Bonchev–Trinajstić information content (AvgIpc) is 2.90. The fraction of sp³-hybridized carbons (Fsp3) is 0.467. The Labute approximate surface area is 113 Å². The van der Waals surface area contributed by atoms with Crippen molar-refractivity contribution in [2.24, 2.45) is 5.92 Å². The van der Waals surface area contributed by atoms with Gasteiger partial charge in [-0.15, -0.1) is 0 Å². The Balaban J connectivity index is 1.88. The lowest BCUT2D eigenvalue weighted by Gasteiger charge is -2.23. The zero-order chi connectivity index (χ0) is 13.2. The van der Waals surface area contributed by atoms with Crippen molar-refractivity contribution in [3.8, 4) is 0 Å². The van der Waals surface area contributed by atoms with E-state index in [1.807, 2.05) is 24.3 Å². The van der Waals surface area contributed by atoms with Crippen LogP contribution < -0.4 is 10.6 Å². The van der Waals surface area contributed by atoms with Crippen LogP contribution in [0.3, 0.4) is 0 Å². The van der Waals surface area contributed by atoms with Crippen LogP contribution in [0.15, 0.2) is 24.3 Å². The topological polar surface area (TPSA) is 55.0 Å². The first-order valence-corrected chi connectivity index (χ1v) is 6.97. The highest BCUT2D eigenvalue weighted by molar-refractivity contribution is 5.79. The zero-order valence-electron chi connectivity index (χ0n) is 11.3. The quantitative estimate of drug-likeness (QED) is 0.917. The summed E-state index contributed by atoms with van der Waals surface area (Å²) >= 11 is 0. The third kappa shape index (κ3) is 2.48. The SMILES string of the molecule is CN(CC1CCCC1)c1nc2ccccc2nc1N. The molecule has 1 saturated carbocycles. The van der Waals surface area contributed by atoms with Crippen molar-refractivity contribution < 1.29 is 0 Å². The Bertz CT molecular complexity index is 575. The molecule has 4 heteroatoms. The van der Waals surface area contributed by atoms with Gasteiger partial charge < -0.3 is 10.6 Å². The van der Waals surface area contributed by atoms with E-state index in [9.17, 15) is 0 Å². The molecule has 0 saturated heterocycles. The van der Waals surface area contributed by atoms with Crippen molar-refractivity contribution in [2.75, 3.05) is 24.2 Å². The molecule has 1 heterocycles. The summed E-state index contributed by atoms with van der Waals surface area (Å²) in [6.45, 7) is 1.03. The molecular formula is C15H20N4. The molecule has 1 fully saturated rings. The van der Waals surface area contributed by atoms with E-state index < -0.39 is 0 Å². The normalized spacial score (nSPS) is 16.1. The maximum Gasteiger partial charge on any atom is 0.171 e. The van der Waals surface area contributed by atoms with Gasteiger partial charge in [-0.25, -0.2) is 9.97 Å². The first kappa shape index (κ1) is 12.2. The maximum absolute atomic E-state index is 6.05. The van der Waals surface area contributed by atoms with Crippen molar-refractivity contribution in [3.63, 3.8) is 0 Å². The van der Waals surface area contributed by atoms with Gasteiger partial charge in [0.25, 0.3) is 0 Å². The molecule has 1 aliphatic carbocycles. The maximum atomic E-state index is 6.05. The van der Waals surface area contributed by atoms with Crippen molar-refractivity contribution >= 4 is 22.7 Å². The van der Waals surface area contributed by atoms with E-state index >= 15 is 0 Å². The summed E-state index contributed by atoms with van der Waals surface area (Å²) in [5.41, 5.74) is 7.81. The molecule has 100 valence electrons. The van der Waals surface area contributed by atoms with Gasteiger partial charge in [0.1, 0.15) is 0 Å². The number of benzene rings is 1. The summed E-state index contributed by atoms with van der Waals surface area (Å²) < 4.78 is 0.